The van der Waals surface area contributed by atoms with Crippen LogP contribution in [-0.4, -0.2) is 41.1 Å². The zero-order valence-corrected chi connectivity index (χ0v) is 6.28. The monoisotopic (exact) mass is 180 g/mol. The van der Waals surface area contributed by atoms with Crippen LogP contribution >= 0.6 is 0 Å². The molecule has 0 unspecified atom stereocenters. The molecule has 0 bridgehead atoms. The van der Waals surface area contributed by atoms with Crippen molar-refractivity contribution in [3.63, 3.8) is 0 Å². The summed E-state index contributed by atoms with van der Waals surface area (Å²) in [5.74, 6) is -3.72. The molecule has 0 aromatic carbocycles. The molecule has 3 nitrogen and oxygen atoms in total. The van der Waals surface area contributed by atoms with E-state index in [-0.39, 0.29) is 13.0 Å². The third-order valence-corrected chi connectivity index (χ3v) is 2.59. The fourth-order valence-electron chi connectivity index (χ4n) is 1.86. The van der Waals surface area contributed by atoms with Crippen LogP contribution in [0.1, 0.15) is 6.42 Å². The molecule has 0 aromatic heterocycles. The second-order valence-electron chi connectivity index (χ2n) is 3.32. The van der Waals surface area contributed by atoms with Gasteiger partial charge in [0.1, 0.15) is 6.10 Å². The summed E-state index contributed by atoms with van der Waals surface area (Å²) < 4.78 is 30.5. The van der Waals surface area contributed by atoms with Gasteiger partial charge >= 0.3 is 5.92 Å². The van der Waals surface area contributed by atoms with Crippen molar-refractivity contribution in [2.24, 2.45) is 5.92 Å². The molecular formula is C7H10F2O3. The molecule has 1 saturated carbocycles. The molecule has 1 saturated heterocycles. The molecule has 0 aromatic rings. The predicted molar refractivity (Wildman–Crippen MR) is 34.8 cm³/mol. The Balaban J connectivity index is 2.09. The van der Waals surface area contributed by atoms with Crippen LogP contribution in [0.4, 0.5) is 8.78 Å². The van der Waals surface area contributed by atoms with Crippen LogP contribution in [0.2, 0.25) is 0 Å². The van der Waals surface area contributed by atoms with Gasteiger partial charge in [0.2, 0.25) is 0 Å². The molecule has 2 N–H and O–H groups in total. The lowest BCUT2D eigenvalue weighted by Crippen LogP contribution is -2.38. The summed E-state index contributed by atoms with van der Waals surface area (Å²) in [6, 6.07) is 0. The largest absolute Gasteiger partial charge is 0.396 e. The third kappa shape index (κ3) is 0.901. The molecule has 0 amide bonds. The first kappa shape index (κ1) is 8.34. The minimum atomic E-state index is -3.12. The van der Waals surface area contributed by atoms with Gasteiger partial charge in [-0.15, -0.1) is 0 Å². The normalized spacial score (nSPS) is 49.0. The summed E-state index contributed by atoms with van der Waals surface area (Å²) in [5.41, 5.74) is 0. The third-order valence-electron chi connectivity index (χ3n) is 2.59. The van der Waals surface area contributed by atoms with E-state index in [1.165, 1.54) is 0 Å². The van der Waals surface area contributed by atoms with Gasteiger partial charge in [0, 0.05) is 12.5 Å². The number of fused-ring (bicyclic) bond motifs is 1. The lowest BCUT2D eigenvalue weighted by Gasteiger charge is -2.21. The fraction of sp³-hybridized carbons (Fsp3) is 1.00. The Bertz CT molecular complexity index is 197. The summed E-state index contributed by atoms with van der Waals surface area (Å²) in [6.07, 6.45) is -3.11. The number of hydrogen-bond acceptors (Lipinski definition) is 3. The zero-order valence-electron chi connectivity index (χ0n) is 6.28. The van der Waals surface area contributed by atoms with Crippen molar-refractivity contribution in [2.45, 2.75) is 30.7 Å². The number of ether oxygens (including phenoxy) is 1. The SMILES string of the molecule is OCC[C@@H]1[C@@H]2O[C@@H]2C(F)(F)[C@@H]1O. The van der Waals surface area contributed by atoms with Gasteiger partial charge in [0.05, 0.1) is 6.10 Å². The first-order chi connectivity index (χ1) is 5.59. The number of alkyl halides is 2. The van der Waals surface area contributed by atoms with Crippen LogP contribution in [0.15, 0.2) is 0 Å². The summed E-state index contributed by atoms with van der Waals surface area (Å²) in [7, 11) is 0. The Kier molecular flexibility index (Phi) is 1.65. The van der Waals surface area contributed by atoms with Crippen LogP contribution in [0.3, 0.4) is 0 Å². The first-order valence-corrected chi connectivity index (χ1v) is 3.91. The Morgan fingerprint density at radius 1 is 1.42 bits per heavy atom. The van der Waals surface area contributed by atoms with Crippen molar-refractivity contribution in [3.05, 3.63) is 0 Å². The van der Waals surface area contributed by atoms with E-state index in [4.69, 9.17) is 10.2 Å². The molecule has 1 aliphatic heterocycles. The molecule has 1 heterocycles. The topological polar surface area (TPSA) is 53.0 Å². The molecule has 0 radical (unpaired) electrons. The standard InChI is InChI=1S/C7H10F2O3/c8-7(9)5(11)3(1-2-10)4-6(7)12-4/h3-6,10-11H,1-2H2/t3-,4+,5-,6+/m1/s1. The van der Waals surface area contributed by atoms with E-state index in [9.17, 15) is 8.78 Å². The predicted octanol–water partition coefficient (Wildman–Crippen LogP) is -0.238. The van der Waals surface area contributed by atoms with Gasteiger partial charge in [-0.25, -0.2) is 8.78 Å². The van der Waals surface area contributed by atoms with Crippen molar-refractivity contribution >= 4 is 0 Å². The van der Waals surface area contributed by atoms with Crippen LogP contribution in [0, 0.1) is 5.92 Å². The van der Waals surface area contributed by atoms with Gasteiger partial charge < -0.3 is 14.9 Å². The second-order valence-corrected chi connectivity index (χ2v) is 3.32. The molecule has 4 atom stereocenters. The van der Waals surface area contributed by atoms with Crippen LogP contribution in [0.25, 0.3) is 0 Å². The fourth-order valence-corrected chi connectivity index (χ4v) is 1.86. The van der Waals surface area contributed by atoms with E-state index in [2.05, 4.69) is 4.74 Å². The lowest BCUT2D eigenvalue weighted by atomic mass is 10.0. The number of epoxide rings is 1. The number of rotatable bonds is 2. The summed E-state index contributed by atoms with van der Waals surface area (Å²) in [5, 5.41) is 17.6. The van der Waals surface area contributed by atoms with Gasteiger partial charge in [-0.2, -0.15) is 0 Å². The highest BCUT2D eigenvalue weighted by atomic mass is 19.3. The van der Waals surface area contributed by atoms with Gasteiger partial charge in [-0.1, -0.05) is 0 Å². The van der Waals surface area contributed by atoms with Gasteiger partial charge in [0.15, 0.2) is 6.10 Å². The highest BCUT2D eigenvalue weighted by molar-refractivity contribution is 5.13. The van der Waals surface area contributed by atoms with Crippen molar-refractivity contribution in [1.29, 1.82) is 0 Å². The lowest BCUT2D eigenvalue weighted by molar-refractivity contribution is -0.140. The van der Waals surface area contributed by atoms with Gasteiger partial charge in [-0.05, 0) is 6.42 Å². The van der Waals surface area contributed by atoms with Gasteiger partial charge in [-0.3, -0.25) is 0 Å². The van der Waals surface area contributed by atoms with E-state index in [0.29, 0.717) is 0 Å². The molecule has 12 heavy (non-hydrogen) atoms. The van der Waals surface area contributed by atoms with Crippen molar-refractivity contribution in [3.8, 4) is 0 Å². The molecule has 2 aliphatic rings. The number of hydrogen-bond donors (Lipinski definition) is 2. The summed E-state index contributed by atoms with van der Waals surface area (Å²) in [6.45, 7) is -0.190. The maximum atomic E-state index is 12.9. The first-order valence-electron chi connectivity index (χ1n) is 3.91. The Morgan fingerprint density at radius 3 is 2.50 bits per heavy atom. The van der Waals surface area contributed by atoms with Gasteiger partial charge in [0.25, 0.3) is 0 Å². The molecule has 0 spiro atoms. The number of aliphatic hydroxyl groups excluding tert-OH is 2. The molecular weight excluding hydrogens is 170 g/mol. The maximum Gasteiger partial charge on any atom is 0.301 e. The Hall–Kier alpha value is -0.260. The molecule has 70 valence electrons. The summed E-state index contributed by atoms with van der Waals surface area (Å²) in [4.78, 5) is 0. The average Bonchev–Trinajstić information content (AvgIpc) is 2.74. The molecule has 1 aliphatic carbocycles. The van der Waals surface area contributed by atoms with Crippen molar-refractivity contribution < 1.29 is 23.7 Å². The molecule has 2 fully saturated rings. The highest BCUT2D eigenvalue weighted by Crippen LogP contribution is 2.53. The van der Waals surface area contributed by atoms with E-state index in [1.54, 1.807) is 0 Å². The second kappa shape index (κ2) is 2.37. The minimum Gasteiger partial charge on any atom is -0.396 e. The van der Waals surface area contributed by atoms with E-state index in [1.807, 2.05) is 0 Å². The Morgan fingerprint density at radius 2 is 2.08 bits per heavy atom. The van der Waals surface area contributed by atoms with Crippen molar-refractivity contribution in [2.75, 3.05) is 6.61 Å². The van der Waals surface area contributed by atoms with E-state index >= 15 is 0 Å². The maximum absolute atomic E-state index is 12.9. The highest BCUT2D eigenvalue weighted by Gasteiger charge is 2.72. The average molecular weight is 180 g/mol. The number of halogens is 2. The van der Waals surface area contributed by atoms with Crippen molar-refractivity contribution in [1.82, 2.24) is 0 Å². The molecule has 2 rings (SSSR count). The van der Waals surface area contributed by atoms with Crippen LogP contribution in [0.5, 0.6) is 0 Å². The minimum absolute atomic E-state index is 0.178. The van der Waals surface area contributed by atoms with E-state index in [0.717, 1.165) is 0 Å². The van der Waals surface area contributed by atoms with Crippen LogP contribution in [-0.2, 0) is 4.74 Å². The molecule has 5 heteroatoms. The van der Waals surface area contributed by atoms with E-state index < -0.39 is 30.2 Å². The summed E-state index contributed by atoms with van der Waals surface area (Å²) >= 11 is 0. The van der Waals surface area contributed by atoms with Crippen LogP contribution < -0.4 is 0 Å². The number of aliphatic hydroxyl groups is 2. The smallest absolute Gasteiger partial charge is 0.301 e. The Labute approximate surface area is 68.0 Å². The zero-order chi connectivity index (χ0) is 8.93. The quantitative estimate of drug-likeness (QED) is 0.577.